The third-order valence-electron chi connectivity index (χ3n) is 4.41. The van der Waals surface area contributed by atoms with Crippen molar-refractivity contribution in [3.05, 3.63) is 35.9 Å². The predicted molar refractivity (Wildman–Crippen MR) is 90.8 cm³/mol. The Labute approximate surface area is 138 Å². The van der Waals surface area contributed by atoms with Gasteiger partial charge in [-0.25, -0.2) is 0 Å². The van der Waals surface area contributed by atoms with Gasteiger partial charge in [-0.15, -0.1) is 0 Å². The summed E-state index contributed by atoms with van der Waals surface area (Å²) in [6.07, 6.45) is 0.304. The molecule has 2 amide bonds. The molecule has 3 atom stereocenters. The first-order valence-corrected chi connectivity index (χ1v) is 8.38. The molecule has 2 unspecified atom stereocenters. The molecular formula is C18H27N3O2. The van der Waals surface area contributed by atoms with Crippen LogP contribution in [0.25, 0.3) is 0 Å². The molecule has 1 heterocycles. The van der Waals surface area contributed by atoms with Gasteiger partial charge >= 0.3 is 0 Å². The average Bonchev–Trinajstić information content (AvgIpc) is 2.95. The molecule has 0 bridgehead atoms. The number of amides is 2. The Kier molecular flexibility index (Phi) is 6.16. The van der Waals surface area contributed by atoms with Gasteiger partial charge in [-0.2, -0.15) is 0 Å². The van der Waals surface area contributed by atoms with E-state index in [9.17, 15) is 9.59 Å². The standard InChI is InChI=1S/C18H27N3O2/c1-4-19-13(2)11-20-18(23)16-10-17(22)21(12-16)14(3)15-8-6-5-7-9-15/h5-9,13-14,16,19H,4,10-12H2,1-3H3,(H,20,23)/t13-,14?,16?/m1/s1. The van der Waals surface area contributed by atoms with Crippen LogP contribution in [-0.2, 0) is 9.59 Å². The van der Waals surface area contributed by atoms with Crippen molar-refractivity contribution >= 4 is 11.8 Å². The first-order chi connectivity index (χ1) is 11.0. The van der Waals surface area contributed by atoms with Crippen molar-refractivity contribution in [2.45, 2.75) is 39.3 Å². The van der Waals surface area contributed by atoms with Gasteiger partial charge in [0.25, 0.3) is 0 Å². The zero-order valence-electron chi connectivity index (χ0n) is 14.2. The van der Waals surface area contributed by atoms with E-state index in [1.54, 1.807) is 0 Å². The van der Waals surface area contributed by atoms with E-state index in [0.717, 1.165) is 12.1 Å². The third kappa shape index (κ3) is 4.55. The van der Waals surface area contributed by atoms with Crippen LogP contribution < -0.4 is 10.6 Å². The number of carbonyl (C=O) groups is 2. The van der Waals surface area contributed by atoms with Gasteiger partial charge in [-0.3, -0.25) is 9.59 Å². The molecule has 5 nitrogen and oxygen atoms in total. The number of carbonyl (C=O) groups excluding carboxylic acids is 2. The van der Waals surface area contributed by atoms with Crippen molar-refractivity contribution in [3.63, 3.8) is 0 Å². The summed E-state index contributed by atoms with van der Waals surface area (Å²) in [5.41, 5.74) is 1.10. The van der Waals surface area contributed by atoms with Crippen molar-refractivity contribution in [2.24, 2.45) is 5.92 Å². The van der Waals surface area contributed by atoms with Crippen molar-refractivity contribution in [1.82, 2.24) is 15.5 Å². The average molecular weight is 317 g/mol. The molecule has 0 radical (unpaired) electrons. The molecule has 126 valence electrons. The van der Waals surface area contributed by atoms with E-state index >= 15 is 0 Å². The Morgan fingerprint density at radius 3 is 2.65 bits per heavy atom. The van der Waals surface area contributed by atoms with Crippen molar-refractivity contribution in [3.8, 4) is 0 Å². The Morgan fingerprint density at radius 2 is 2.00 bits per heavy atom. The highest BCUT2D eigenvalue weighted by molar-refractivity contribution is 5.89. The van der Waals surface area contributed by atoms with Crippen molar-refractivity contribution in [1.29, 1.82) is 0 Å². The number of nitrogens with zero attached hydrogens (tertiary/aromatic N) is 1. The van der Waals surface area contributed by atoms with Gasteiger partial charge in [0.15, 0.2) is 0 Å². The van der Waals surface area contributed by atoms with Gasteiger partial charge in [0.1, 0.15) is 0 Å². The summed E-state index contributed by atoms with van der Waals surface area (Å²) < 4.78 is 0. The minimum atomic E-state index is -0.248. The number of likely N-dealkylation sites (tertiary alicyclic amines) is 1. The zero-order chi connectivity index (χ0) is 16.8. The summed E-state index contributed by atoms with van der Waals surface area (Å²) in [7, 11) is 0. The highest BCUT2D eigenvalue weighted by atomic mass is 16.2. The molecule has 1 aromatic rings. The SMILES string of the molecule is CCN[C@H](C)CNC(=O)C1CC(=O)N(C(C)c2ccccc2)C1. The summed E-state index contributed by atoms with van der Waals surface area (Å²) in [6.45, 7) is 8.05. The minimum absolute atomic E-state index is 0.00202. The van der Waals surface area contributed by atoms with E-state index in [1.807, 2.05) is 56.0 Å². The van der Waals surface area contributed by atoms with Gasteiger partial charge in [-0.05, 0) is 26.0 Å². The topological polar surface area (TPSA) is 61.4 Å². The third-order valence-corrected chi connectivity index (χ3v) is 4.41. The maximum Gasteiger partial charge on any atom is 0.225 e. The lowest BCUT2D eigenvalue weighted by molar-refractivity contribution is -0.130. The number of benzene rings is 1. The number of rotatable bonds is 7. The molecule has 0 saturated carbocycles. The maximum atomic E-state index is 12.3. The lowest BCUT2D eigenvalue weighted by Crippen LogP contribution is -2.41. The molecular weight excluding hydrogens is 290 g/mol. The highest BCUT2D eigenvalue weighted by Crippen LogP contribution is 2.28. The molecule has 2 N–H and O–H groups in total. The van der Waals surface area contributed by atoms with Crippen LogP contribution in [-0.4, -0.2) is 42.4 Å². The first kappa shape index (κ1) is 17.5. The fourth-order valence-electron chi connectivity index (χ4n) is 3.01. The van der Waals surface area contributed by atoms with E-state index < -0.39 is 0 Å². The Morgan fingerprint density at radius 1 is 1.30 bits per heavy atom. The fourth-order valence-corrected chi connectivity index (χ4v) is 3.01. The van der Waals surface area contributed by atoms with Crippen LogP contribution in [0.5, 0.6) is 0 Å². The smallest absolute Gasteiger partial charge is 0.225 e. The molecule has 23 heavy (non-hydrogen) atoms. The van der Waals surface area contributed by atoms with Gasteiger partial charge in [0.05, 0.1) is 12.0 Å². The van der Waals surface area contributed by atoms with Gasteiger partial charge in [-0.1, -0.05) is 37.3 Å². The molecule has 2 rings (SSSR count). The monoisotopic (exact) mass is 317 g/mol. The van der Waals surface area contributed by atoms with Crippen LogP contribution >= 0.6 is 0 Å². The number of hydrogen-bond donors (Lipinski definition) is 2. The minimum Gasteiger partial charge on any atom is -0.354 e. The van der Waals surface area contributed by atoms with Crippen LogP contribution in [0.4, 0.5) is 0 Å². The van der Waals surface area contributed by atoms with Crippen LogP contribution in [0.15, 0.2) is 30.3 Å². The predicted octanol–water partition coefficient (Wildman–Crippen LogP) is 1.71. The van der Waals surface area contributed by atoms with E-state index in [0.29, 0.717) is 19.5 Å². The lowest BCUT2D eigenvalue weighted by atomic mass is 10.1. The molecule has 1 fully saturated rings. The molecule has 1 aromatic carbocycles. The number of hydrogen-bond acceptors (Lipinski definition) is 3. The summed E-state index contributed by atoms with van der Waals surface area (Å²) in [4.78, 5) is 26.4. The number of nitrogens with one attached hydrogen (secondary N) is 2. The van der Waals surface area contributed by atoms with Crippen LogP contribution in [0.3, 0.4) is 0 Å². The summed E-state index contributed by atoms with van der Waals surface area (Å²) in [5.74, 6) is -0.213. The van der Waals surface area contributed by atoms with E-state index in [4.69, 9.17) is 0 Å². The molecule has 0 aromatic heterocycles. The van der Waals surface area contributed by atoms with Crippen molar-refractivity contribution in [2.75, 3.05) is 19.6 Å². The van der Waals surface area contributed by atoms with E-state index in [1.165, 1.54) is 0 Å². The molecule has 0 spiro atoms. The summed E-state index contributed by atoms with van der Waals surface area (Å²) in [5, 5.41) is 6.21. The lowest BCUT2D eigenvalue weighted by Gasteiger charge is -2.25. The second kappa shape index (κ2) is 8.11. The zero-order valence-corrected chi connectivity index (χ0v) is 14.2. The summed E-state index contributed by atoms with van der Waals surface area (Å²) in [6, 6.07) is 10.2. The van der Waals surface area contributed by atoms with Gasteiger partial charge in [0, 0.05) is 25.6 Å². The molecule has 1 aliphatic rings. The van der Waals surface area contributed by atoms with Gasteiger partial charge in [0.2, 0.25) is 11.8 Å². The molecule has 1 aliphatic heterocycles. The first-order valence-electron chi connectivity index (χ1n) is 8.38. The highest BCUT2D eigenvalue weighted by Gasteiger charge is 2.36. The van der Waals surface area contributed by atoms with E-state index in [-0.39, 0.29) is 29.8 Å². The largest absolute Gasteiger partial charge is 0.354 e. The maximum absolute atomic E-state index is 12.3. The number of likely N-dealkylation sites (N-methyl/N-ethyl adjacent to an activating group) is 1. The van der Waals surface area contributed by atoms with Crippen LogP contribution in [0, 0.1) is 5.92 Å². The quantitative estimate of drug-likeness (QED) is 0.805. The fraction of sp³-hybridized carbons (Fsp3) is 0.556. The summed E-state index contributed by atoms with van der Waals surface area (Å²) >= 11 is 0. The Bertz CT molecular complexity index is 532. The van der Waals surface area contributed by atoms with E-state index in [2.05, 4.69) is 10.6 Å². The Hall–Kier alpha value is -1.88. The van der Waals surface area contributed by atoms with Crippen LogP contribution in [0.2, 0.25) is 0 Å². The Balaban J connectivity index is 1.90. The second-order valence-electron chi connectivity index (χ2n) is 6.24. The molecule has 0 aliphatic carbocycles. The van der Waals surface area contributed by atoms with Gasteiger partial charge < -0.3 is 15.5 Å². The normalized spacial score (nSPS) is 20.4. The van der Waals surface area contributed by atoms with Crippen LogP contribution in [0.1, 0.15) is 38.8 Å². The van der Waals surface area contributed by atoms with Crippen molar-refractivity contribution < 1.29 is 9.59 Å². The molecule has 1 saturated heterocycles. The second-order valence-corrected chi connectivity index (χ2v) is 6.24. The molecule has 5 heteroatoms.